The van der Waals surface area contributed by atoms with E-state index in [-0.39, 0.29) is 0 Å². The average molecular weight is 248 g/mol. The molecule has 1 aromatic heterocycles. The van der Waals surface area contributed by atoms with Crippen molar-refractivity contribution in [2.24, 2.45) is 5.73 Å². The fourth-order valence-electron chi connectivity index (χ4n) is 1.43. The number of nitrogens with one attached hydrogen (secondary N) is 1. The van der Waals surface area contributed by atoms with E-state index in [1.165, 1.54) is 11.3 Å². The Labute approximate surface area is 102 Å². The summed E-state index contributed by atoms with van der Waals surface area (Å²) in [7, 11) is 0. The molecule has 0 spiro atoms. The van der Waals surface area contributed by atoms with Gasteiger partial charge in [-0.15, -0.1) is 11.3 Å². The second-order valence-electron chi connectivity index (χ2n) is 3.55. The number of hydrogen-bond acceptors (Lipinski definition) is 5. The van der Waals surface area contributed by atoms with Crippen LogP contribution >= 0.6 is 11.3 Å². The fraction of sp³-hybridized carbons (Fsp3) is 0.0909. The molecule has 5 N–H and O–H groups in total. The van der Waals surface area contributed by atoms with Crippen LogP contribution in [0.25, 0.3) is 0 Å². The van der Waals surface area contributed by atoms with Crippen molar-refractivity contribution in [2.45, 2.75) is 6.92 Å². The molecular weight excluding hydrogens is 236 g/mol. The van der Waals surface area contributed by atoms with Gasteiger partial charge in [0, 0.05) is 5.38 Å². The number of amides is 1. The first-order chi connectivity index (χ1) is 8.08. The zero-order valence-corrected chi connectivity index (χ0v) is 10.0. The molecule has 0 saturated heterocycles. The van der Waals surface area contributed by atoms with Crippen molar-refractivity contribution in [3.8, 4) is 0 Å². The van der Waals surface area contributed by atoms with Crippen LogP contribution in [0.4, 0.5) is 16.5 Å². The molecule has 0 bridgehead atoms. The van der Waals surface area contributed by atoms with Gasteiger partial charge in [-0.3, -0.25) is 4.79 Å². The first-order valence-electron chi connectivity index (χ1n) is 4.95. The molecule has 0 atom stereocenters. The number of nitrogens with two attached hydrogens (primary N) is 2. The van der Waals surface area contributed by atoms with Gasteiger partial charge in [-0.25, -0.2) is 4.98 Å². The number of benzene rings is 1. The predicted octanol–water partition coefficient (Wildman–Crippen LogP) is 1.88. The summed E-state index contributed by atoms with van der Waals surface area (Å²) >= 11 is 1.44. The highest BCUT2D eigenvalue weighted by atomic mass is 32.1. The minimum Gasteiger partial charge on any atom is -0.397 e. The van der Waals surface area contributed by atoms with Crippen LogP contribution in [-0.2, 0) is 0 Å². The Morgan fingerprint density at radius 1 is 1.47 bits per heavy atom. The predicted molar refractivity (Wildman–Crippen MR) is 69.5 cm³/mol. The maximum Gasteiger partial charge on any atom is 0.250 e. The van der Waals surface area contributed by atoms with Gasteiger partial charge in [-0.05, 0) is 19.1 Å². The Balaban J connectivity index is 2.40. The zero-order valence-electron chi connectivity index (χ0n) is 9.23. The molecule has 17 heavy (non-hydrogen) atoms. The summed E-state index contributed by atoms with van der Waals surface area (Å²) in [5.41, 5.74) is 13.4. The average Bonchev–Trinajstić information content (AvgIpc) is 2.67. The summed E-state index contributed by atoms with van der Waals surface area (Å²) in [5.74, 6) is -0.520. The molecule has 1 aromatic carbocycles. The van der Waals surface area contributed by atoms with Crippen molar-refractivity contribution in [3.63, 3.8) is 0 Å². The molecule has 0 fully saturated rings. The Kier molecular flexibility index (Phi) is 2.97. The fourth-order valence-corrected chi connectivity index (χ4v) is 2.13. The van der Waals surface area contributed by atoms with Gasteiger partial charge in [0.1, 0.15) is 0 Å². The van der Waals surface area contributed by atoms with Crippen molar-refractivity contribution < 1.29 is 4.79 Å². The summed E-state index contributed by atoms with van der Waals surface area (Å²) in [5, 5.41) is 5.62. The minimum atomic E-state index is -0.520. The van der Waals surface area contributed by atoms with Crippen LogP contribution < -0.4 is 16.8 Å². The Morgan fingerprint density at radius 2 is 2.24 bits per heavy atom. The maximum absolute atomic E-state index is 11.3. The van der Waals surface area contributed by atoms with E-state index < -0.39 is 5.91 Å². The van der Waals surface area contributed by atoms with E-state index in [0.29, 0.717) is 22.1 Å². The van der Waals surface area contributed by atoms with E-state index >= 15 is 0 Å². The molecule has 88 valence electrons. The molecule has 5 nitrogen and oxygen atoms in total. The number of thiazole rings is 1. The van der Waals surface area contributed by atoms with Gasteiger partial charge >= 0.3 is 0 Å². The lowest BCUT2D eigenvalue weighted by Crippen LogP contribution is -2.14. The minimum absolute atomic E-state index is 0.359. The van der Waals surface area contributed by atoms with Crippen LogP contribution in [0, 0.1) is 6.92 Å². The molecule has 0 aliphatic heterocycles. The lowest BCUT2D eigenvalue weighted by Gasteiger charge is -2.10. The number of primary amides is 1. The summed E-state index contributed by atoms with van der Waals surface area (Å²) in [4.78, 5) is 15.5. The maximum atomic E-state index is 11.3. The Bertz CT molecular complexity index is 564. The SMILES string of the molecule is Cc1csc(Nc2c(N)cccc2C(N)=O)n1. The molecule has 1 amide bonds. The van der Waals surface area contributed by atoms with Crippen LogP contribution in [0.15, 0.2) is 23.6 Å². The van der Waals surface area contributed by atoms with Crippen molar-refractivity contribution in [2.75, 3.05) is 11.1 Å². The largest absolute Gasteiger partial charge is 0.397 e. The Hall–Kier alpha value is -2.08. The molecule has 0 aliphatic carbocycles. The van der Waals surface area contributed by atoms with Crippen LogP contribution in [0.2, 0.25) is 0 Å². The number of nitrogen functional groups attached to an aromatic ring is 1. The zero-order chi connectivity index (χ0) is 12.4. The summed E-state index contributed by atoms with van der Waals surface area (Å²) < 4.78 is 0. The third-order valence-corrected chi connectivity index (χ3v) is 3.09. The molecule has 0 radical (unpaired) electrons. The lowest BCUT2D eigenvalue weighted by atomic mass is 10.1. The number of aromatic nitrogens is 1. The van der Waals surface area contributed by atoms with Crippen LogP contribution in [0.1, 0.15) is 16.1 Å². The number of hydrogen-bond donors (Lipinski definition) is 3. The van der Waals surface area contributed by atoms with Crippen molar-refractivity contribution in [1.82, 2.24) is 4.98 Å². The molecule has 6 heteroatoms. The van der Waals surface area contributed by atoms with Crippen molar-refractivity contribution in [1.29, 1.82) is 0 Å². The normalized spacial score (nSPS) is 10.2. The van der Waals surface area contributed by atoms with E-state index in [0.717, 1.165) is 5.69 Å². The number of para-hydroxylation sites is 1. The van der Waals surface area contributed by atoms with Gasteiger partial charge in [-0.1, -0.05) is 6.07 Å². The highest BCUT2D eigenvalue weighted by Crippen LogP contribution is 2.28. The van der Waals surface area contributed by atoms with Gasteiger partial charge in [0.15, 0.2) is 5.13 Å². The molecule has 0 saturated carbocycles. The van der Waals surface area contributed by atoms with Gasteiger partial charge in [0.05, 0.1) is 22.6 Å². The molecule has 0 aliphatic rings. The number of carbonyl (C=O) groups excluding carboxylic acids is 1. The smallest absolute Gasteiger partial charge is 0.250 e. The van der Waals surface area contributed by atoms with Crippen molar-refractivity contribution >= 4 is 33.8 Å². The summed E-state index contributed by atoms with van der Waals surface area (Å²) in [6, 6.07) is 5.02. The first-order valence-corrected chi connectivity index (χ1v) is 5.83. The standard InChI is InChI=1S/C11H12N4OS/c1-6-5-17-11(14-6)15-9-7(10(13)16)3-2-4-8(9)12/h2-5H,12H2,1H3,(H2,13,16)(H,14,15). The second kappa shape index (κ2) is 4.42. The van der Waals surface area contributed by atoms with Crippen LogP contribution in [0.5, 0.6) is 0 Å². The van der Waals surface area contributed by atoms with Gasteiger partial charge in [-0.2, -0.15) is 0 Å². The van der Waals surface area contributed by atoms with Crippen molar-refractivity contribution in [3.05, 3.63) is 34.8 Å². The van der Waals surface area contributed by atoms with E-state index in [1.54, 1.807) is 18.2 Å². The topological polar surface area (TPSA) is 94.0 Å². The molecular formula is C11H12N4OS. The molecule has 0 unspecified atom stereocenters. The van der Waals surface area contributed by atoms with Gasteiger partial charge < -0.3 is 16.8 Å². The lowest BCUT2D eigenvalue weighted by molar-refractivity contribution is 0.100. The Morgan fingerprint density at radius 3 is 2.82 bits per heavy atom. The van der Waals surface area contributed by atoms with Crippen LogP contribution in [0.3, 0.4) is 0 Å². The monoisotopic (exact) mass is 248 g/mol. The summed E-state index contributed by atoms with van der Waals surface area (Å²) in [6.07, 6.45) is 0. The number of carbonyl (C=O) groups is 1. The number of rotatable bonds is 3. The number of anilines is 3. The molecule has 2 aromatic rings. The quantitative estimate of drug-likeness (QED) is 0.723. The third-order valence-electron chi connectivity index (χ3n) is 2.21. The number of nitrogens with zero attached hydrogens (tertiary/aromatic N) is 1. The van der Waals surface area contributed by atoms with E-state index in [1.807, 2.05) is 12.3 Å². The molecule has 1 heterocycles. The van der Waals surface area contributed by atoms with E-state index in [9.17, 15) is 4.79 Å². The van der Waals surface area contributed by atoms with E-state index in [2.05, 4.69) is 10.3 Å². The first kappa shape index (κ1) is 11.4. The highest BCUT2D eigenvalue weighted by Gasteiger charge is 2.12. The number of aryl methyl sites for hydroxylation is 1. The summed E-state index contributed by atoms with van der Waals surface area (Å²) in [6.45, 7) is 1.89. The third kappa shape index (κ3) is 2.36. The second-order valence-corrected chi connectivity index (χ2v) is 4.41. The van der Waals surface area contributed by atoms with E-state index in [4.69, 9.17) is 11.5 Å². The van der Waals surface area contributed by atoms with Crippen LogP contribution in [-0.4, -0.2) is 10.9 Å². The highest BCUT2D eigenvalue weighted by molar-refractivity contribution is 7.13. The molecule has 2 rings (SSSR count). The van der Waals surface area contributed by atoms with Gasteiger partial charge in [0.2, 0.25) is 0 Å². The van der Waals surface area contributed by atoms with Gasteiger partial charge in [0.25, 0.3) is 5.91 Å².